The summed E-state index contributed by atoms with van der Waals surface area (Å²) in [5, 5.41) is 28.0. The van der Waals surface area contributed by atoms with Crippen molar-refractivity contribution in [1.29, 1.82) is 0 Å². The molecule has 7 heteroatoms. The van der Waals surface area contributed by atoms with E-state index in [4.69, 9.17) is 19.3 Å². The molecular weight excluding hydrogens is 484 g/mol. The summed E-state index contributed by atoms with van der Waals surface area (Å²) in [6.07, 6.45) is 0.944. The second-order valence-corrected chi connectivity index (χ2v) is 10.5. The van der Waals surface area contributed by atoms with Gasteiger partial charge in [-0.05, 0) is 85.2 Å². The number of benzene rings is 3. The van der Waals surface area contributed by atoms with Gasteiger partial charge in [0.05, 0.1) is 13.0 Å². The number of hydrogen-bond donors (Lipinski definition) is 3. The minimum Gasteiger partial charge on any atom is -0.491 e. The fourth-order valence-electron chi connectivity index (χ4n) is 5.55. The Morgan fingerprint density at radius 3 is 2.45 bits per heavy atom. The highest BCUT2D eigenvalue weighted by Gasteiger charge is 2.57. The number of carboxylic acid groups (broad SMARTS) is 1. The summed E-state index contributed by atoms with van der Waals surface area (Å²) in [6, 6.07) is 15.8. The largest absolute Gasteiger partial charge is 0.491 e. The summed E-state index contributed by atoms with van der Waals surface area (Å²) in [4.78, 5) is 11.4. The predicted molar refractivity (Wildman–Crippen MR) is 143 cm³/mol. The van der Waals surface area contributed by atoms with Crippen LogP contribution in [0, 0.1) is 20.8 Å². The Bertz CT molecular complexity index is 1340. The van der Waals surface area contributed by atoms with Crippen molar-refractivity contribution in [3.8, 4) is 28.4 Å². The van der Waals surface area contributed by atoms with Crippen LogP contribution in [0.5, 0.6) is 17.2 Å². The molecule has 7 nitrogen and oxygen atoms in total. The molecule has 0 aromatic heterocycles. The zero-order valence-electron chi connectivity index (χ0n) is 22.0. The molecule has 1 saturated carbocycles. The molecule has 2 atom stereocenters. The van der Waals surface area contributed by atoms with Gasteiger partial charge < -0.3 is 29.5 Å². The molecule has 5 rings (SSSR count). The molecule has 3 aromatic rings. The van der Waals surface area contributed by atoms with Crippen molar-refractivity contribution in [3.63, 3.8) is 0 Å². The molecule has 1 spiro atoms. The van der Waals surface area contributed by atoms with Crippen molar-refractivity contribution >= 4 is 5.97 Å². The highest BCUT2D eigenvalue weighted by molar-refractivity contribution is 5.75. The van der Waals surface area contributed by atoms with Crippen molar-refractivity contribution in [1.82, 2.24) is 0 Å². The number of fused-ring (bicyclic) bond motifs is 1. The van der Waals surface area contributed by atoms with Gasteiger partial charge in [0, 0.05) is 17.5 Å². The molecule has 1 heterocycles. The summed E-state index contributed by atoms with van der Waals surface area (Å²) in [7, 11) is 0. The van der Waals surface area contributed by atoms with Gasteiger partial charge in [-0.1, -0.05) is 24.3 Å². The van der Waals surface area contributed by atoms with Crippen LogP contribution in [-0.4, -0.2) is 46.2 Å². The maximum absolute atomic E-state index is 11.4. The van der Waals surface area contributed by atoms with Crippen molar-refractivity contribution < 1.29 is 34.3 Å². The number of aliphatic hydroxyl groups is 2. The Kier molecular flexibility index (Phi) is 7.07. The van der Waals surface area contributed by atoms with E-state index in [1.165, 1.54) is 0 Å². The Hall–Kier alpha value is -3.55. The lowest BCUT2D eigenvalue weighted by Crippen LogP contribution is -2.22. The fraction of sp³-hybridized carbons (Fsp3) is 0.387. The number of rotatable bonds is 10. The highest BCUT2D eigenvalue weighted by atomic mass is 16.5. The van der Waals surface area contributed by atoms with Crippen molar-refractivity contribution in [2.75, 3.05) is 13.2 Å². The van der Waals surface area contributed by atoms with Crippen molar-refractivity contribution in [3.05, 3.63) is 76.3 Å². The first-order chi connectivity index (χ1) is 18.2. The first kappa shape index (κ1) is 26.1. The second kappa shape index (κ2) is 10.3. The maximum Gasteiger partial charge on any atom is 0.304 e. The second-order valence-electron chi connectivity index (χ2n) is 10.5. The summed E-state index contributed by atoms with van der Waals surface area (Å²) in [5.74, 6) is 1.18. The van der Waals surface area contributed by atoms with Crippen LogP contribution in [0.15, 0.2) is 48.5 Å². The number of carbonyl (C=O) groups is 1. The number of hydrogen-bond acceptors (Lipinski definition) is 6. The predicted octanol–water partition coefficient (Wildman–Crippen LogP) is 5.07. The molecule has 0 saturated heterocycles. The number of ether oxygens (including phenoxy) is 3. The standard InChI is InChI=1S/C31H34O7/c1-18-11-24(37-17-22(33)15-32)12-19(2)30(18)25-6-4-5-21(20(25)3)16-36-23-7-8-26-27(14-29(34)35)31(9-10-31)38-28(26)13-23/h4-8,11-13,22,27,32-33H,9-10,14-17H2,1-3H3,(H,34,35)/t22-,27-/m1/s1. The monoisotopic (exact) mass is 518 g/mol. The minimum absolute atomic E-state index is 0.0372. The van der Waals surface area contributed by atoms with Gasteiger partial charge in [0.25, 0.3) is 0 Å². The van der Waals surface area contributed by atoms with Crippen molar-refractivity contribution in [2.45, 2.75) is 64.3 Å². The normalized spacial score (nSPS) is 17.6. The lowest BCUT2D eigenvalue weighted by molar-refractivity contribution is -0.138. The van der Waals surface area contributed by atoms with E-state index < -0.39 is 12.1 Å². The average Bonchev–Trinajstić information content (AvgIpc) is 3.59. The Balaban J connectivity index is 1.33. The molecule has 38 heavy (non-hydrogen) atoms. The molecule has 1 aliphatic carbocycles. The van der Waals surface area contributed by atoms with Crippen molar-refractivity contribution in [2.24, 2.45) is 0 Å². The zero-order chi connectivity index (χ0) is 27.0. The molecule has 0 radical (unpaired) electrons. The van der Waals surface area contributed by atoms with Crippen LogP contribution in [0.25, 0.3) is 11.1 Å². The molecule has 0 bridgehead atoms. The van der Waals surface area contributed by atoms with E-state index in [0.29, 0.717) is 18.1 Å². The SMILES string of the molecule is Cc1cc(OC[C@H](O)CO)cc(C)c1-c1cccc(COc2ccc3c(c2)OC2(CC2)[C@@H]3CC(=O)O)c1C. The van der Waals surface area contributed by atoms with E-state index in [-0.39, 0.29) is 31.2 Å². The van der Waals surface area contributed by atoms with Crippen LogP contribution in [0.4, 0.5) is 0 Å². The van der Waals surface area contributed by atoms with Crippen LogP contribution in [0.3, 0.4) is 0 Å². The van der Waals surface area contributed by atoms with Crippen LogP contribution in [-0.2, 0) is 11.4 Å². The molecule has 3 aromatic carbocycles. The molecule has 1 fully saturated rings. The number of carboxylic acids is 1. The smallest absolute Gasteiger partial charge is 0.304 e. The van der Waals surface area contributed by atoms with E-state index in [9.17, 15) is 15.0 Å². The van der Waals surface area contributed by atoms with Crippen LogP contribution >= 0.6 is 0 Å². The number of aliphatic carboxylic acids is 1. The van der Waals surface area contributed by atoms with Crippen LogP contribution < -0.4 is 14.2 Å². The summed E-state index contributed by atoms with van der Waals surface area (Å²) < 4.78 is 18.0. The first-order valence-corrected chi connectivity index (χ1v) is 13.0. The van der Waals surface area contributed by atoms with Gasteiger partial charge in [-0.15, -0.1) is 0 Å². The van der Waals surface area contributed by atoms with Gasteiger partial charge in [0.1, 0.15) is 42.2 Å². The van der Waals surface area contributed by atoms with E-state index in [1.54, 1.807) is 0 Å². The number of aliphatic hydroxyl groups excluding tert-OH is 2. The highest BCUT2D eigenvalue weighted by Crippen LogP contribution is 2.59. The Morgan fingerprint density at radius 1 is 1.05 bits per heavy atom. The van der Waals surface area contributed by atoms with Crippen LogP contribution in [0.2, 0.25) is 0 Å². The van der Waals surface area contributed by atoms with Gasteiger partial charge >= 0.3 is 5.97 Å². The molecule has 3 N–H and O–H groups in total. The van der Waals surface area contributed by atoms with Crippen LogP contribution in [0.1, 0.15) is 53.0 Å². The topological polar surface area (TPSA) is 105 Å². The average molecular weight is 519 g/mol. The third kappa shape index (κ3) is 5.08. The van der Waals surface area contributed by atoms with Gasteiger partial charge in [-0.3, -0.25) is 4.79 Å². The summed E-state index contributed by atoms with van der Waals surface area (Å²) in [5.41, 5.74) is 7.16. The molecule has 200 valence electrons. The third-order valence-corrected chi connectivity index (χ3v) is 7.70. The molecular formula is C31H34O7. The minimum atomic E-state index is -0.910. The van der Waals surface area contributed by atoms with Gasteiger partial charge in [0.15, 0.2) is 0 Å². The van der Waals surface area contributed by atoms with Gasteiger partial charge in [-0.25, -0.2) is 0 Å². The molecule has 0 unspecified atom stereocenters. The first-order valence-electron chi connectivity index (χ1n) is 13.0. The zero-order valence-corrected chi connectivity index (χ0v) is 22.0. The molecule has 0 amide bonds. The maximum atomic E-state index is 11.4. The lowest BCUT2D eigenvalue weighted by Gasteiger charge is -2.18. The quantitative estimate of drug-likeness (QED) is 0.344. The Morgan fingerprint density at radius 2 is 1.79 bits per heavy atom. The van der Waals surface area contributed by atoms with E-state index in [0.717, 1.165) is 57.5 Å². The third-order valence-electron chi connectivity index (χ3n) is 7.70. The number of aryl methyl sites for hydroxylation is 2. The van der Waals surface area contributed by atoms with E-state index in [2.05, 4.69) is 19.1 Å². The van der Waals surface area contributed by atoms with E-state index in [1.807, 2.05) is 50.2 Å². The lowest BCUT2D eigenvalue weighted by atomic mass is 9.90. The van der Waals surface area contributed by atoms with Gasteiger partial charge in [0.2, 0.25) is 0 Å². The summed E-state index contributed by atoms with van der Waals surface area (Å²) in [6.45, 7) is 6.25. The summed E-state index contributed by atoms with van der Waals surface area (Å²) >= 11 is 0. The molecule has 1 aliphatic heterocycles. The molecule has 2 aliphatic rings. The van der Waals surface area contributed by atoms with Gasteiger partial charge in [-0.2, -0.15) is 0 Å². The fourth-order valence-corrected chi connectivity index (χ4v) is 5.55. The van der Waals surface area contributed by atoms with E-state index >= 15 is 0 Å². The Labute approximate surface area is 222 Å².